The summed E-state index contributed by atoms with van der Waals surface area (Å²) in [5, 5.41) is 17.7. The molecule has 1 aromatic rings. The summed E-state index contributed by atoms with van der Waals surface area (Å²) in [5.41, 5.74) is 0.511. The molecule has 6 heteroatoms. The fourth-order valence-electron chi connectivity index (χ4n) is 1.31. The molecule has 0 amide bonds. The van der Waals surface area contributed by atoms with E-state index in [1.807, 2.05) is 6.92 Å². The van der Waals surface area contributed by atoms with Gasteiger partial charge in [-0.15, -0.1) is 0 Å². The first kappa shape index (κ1) is 10.5. The molecule has 1 heterocycles. The average molecular weight is 198 g/mol. The maximum absolute atomic E-state index is 10.7. The molecule has 14 heavy (non-hydrogen) atoms. The second-order valence-corrected chi connectivity index (χ2v) is 3.09. The minimum atomic E-state index is -0.402. The molecule has 78 valence electrons. The Labute approximate surface area is 82.1 Å². The first-order valence-electron chi connectivity index (χ1n) is 4.49. The zero-order valence-electron chi connectivity index (χ0n) is 8.57. The van der Waals surface area contributed by atoms with Crippen LogP contribution >= 0.6 is 0 Å². The fourth-order valence-corrected chi connectivity index (χ4v) is 1.31. The number of aromatic nitrogens is 2. The third kappa shape index (κ3) is 1.84. The number of hydrogen-bond acceptors (Lipinski definition) is 4. The number of nitro groups is 1. The van der Waals surface area contributed by atoms with Crippen LogP contribution in [0.2, 0.25) is 0 Å². The van der Waals surface area contributed by atoms with Gasteiger partial charge in [0.05, 0.1) is 4.92 Å². The zero-order chi connectivity index (χ0) is 10.7. The number of nitrogens with zero attached hydrogens (tertiary/aromatic N) is 3. The largest absolute Gasteiger partial charge is 0.365 e. The molecule has 0 aliphatic rings. The van der Waals surface area contributed by atoms with E-state index in [0.29, 0.717) is 18.1 Å². The molecule has 0 fully saturated rings. The van der Waals surface area contributed by atoms with Crippen LogP contribution in [0.5, 0.6) is 0 Å². The lowest BCUT2D eigenvalue weighted by atomic mass is 10.4. The van der Waals surface area contributed by atoms with E-state index < -0.39 is 4.92 Å². The fraction of sp³-hybridized carbons (Fsp3) is 0.625. The molecule has 0 aliphatic heterocycles. The first-order chi connectivity index (χ1) is 6.57. The zero-order valence-corrected chi connectivity index (χ0v) is 8.57. The lowest BCUT2D eigenvalue weighted by Crippen LogP contribution is -2.06. The van der Waals surface area contributed by atoms with Crippen molar-refractivity contribution in [1.29, 1.82) is 0 Å². The van der Waals surface area contributed by atoms with Crippen LogP contribution in [-0.2, 0) is 7.05 Å². The molecule has 0 aromatic carbocycles. The van der Waals surface area contributed by atoms with Crippen LogP contribution in [0.3, 0.4) is 0 Å². The average Bonchev–Trinajstić information content (AvgIpc) is 2.37. The van der Waals surface area contributed by atoms with Crippen molar-refractivity contribution in [3.8, 4) is 0 Å². The van der Waals surface area contributed by atoms with Crippen molar-refractivity contribution in [3.05, 3.63) is 15.8 Å². The Bertz CT molecular complexity index is 345. The van der Waals surface area contributed by atoms with Crippen LogP contribution in [0.1, 0.15) is 19.0 Å². The summed E-state index contributed by atoms with van der Waals surface area (Å²) in [6.45, 7) is 4.34. The molecule has 0 spiro atoms. The van der Waals surface area contributed by atoms with E-state index in [2.05, 4.69) is 10.4 Å². The molecular formula is C8H14N4O2. The van der Waals surface area contributed by atoms with E-state index in [-0.39, 0.29) is 5.69 Å². The van der Waals surface area contributed by atoms with Crippen LogP contribution in [0.15, 0.2) is 0 Å². The van der Waals surface area contributed by atoms with Crippen molar-refractivity contribution in [3.63, 3.8) is 0 Å². The molecule has 0 saturated heterocycles. The molecule has 6 nitrogen and oxygen atoms in total. The number of hydrogen-bond donors (Lipinski definition) is 1. The normalized spacial score (nSPS) is 10.2. The van der Waals surface area contributed by atoms with Gasteiger partial charge in [0.1, 0.15) is 5.69 Å². The highest BCUT2D eigenvalue weighted by Crippen LogP contribution is 2.26. The maximum atomic E-state index is 10.7. The summed E-state index contributed by atoms with van der Waals surface area (Å²) < 4.78 is 1.50. The van der Waals surface area contributed by atoms with Crippen LogP contribution in [0, 0.1) is 17.0 Å². The molecule has 0 unspecified atom stereocenters. The van der Waals surface area contributed by atoms with Crippen LogP contribution in [0.25, 0.3) is 0 Å². The predicted molar refractivity (Wildman–Crippen MR) is 53.4 cm³/mol. The number of aryl methyl sites for hydroxylation is 2. The Morgan fingerprint density at radius 3 is 2.79 bits per heavy atom. The molecule has 0 bridgehead atoms. The van der Waals surface area contributed by atoms with Crippen LogP contribution in [-0.4, -0.2) is 21.2 Å². The predicted octanol–water partition coefficient (Wildman–Crippen LogP) is 1.46. The minimum absolute atomic E-state index is 0.0703. The van der Waals surface area contributed by atoms with E-state index >= 15 is 0 Å². The topological polar surface area (TPSA) is 73.0 Å². The van der Waals surface area contributed by atoms with Gasteiger partial charge in [0, 0.05) is 13.6 Å². The molecule has 0 radical (unpaired) electrons. The van der Waals surface area contributed by atoms with Crippen molar-refractivity contribution >= 4 is 11.5 Å². The van der Waals surface area contributed by atoms with Gasteiger partial charge >= 0.3 is 5.69 Å². The smallest absolute Gasteiger partial charge is 0.333 e. The van der Waals surface area contributed by atoms with Gasteiger partial charge in [-0.3, -0.25) is 10.1 Å². The van der Waals surface area contributed by atoms with Crippen molar-refractivity contribution in [2.45, 2.75) is 20.3 Å². The highest BCUT2D eigenvalue weighted by atomic mass is 16.6. The summed E-state index contributed by atoms with van der Waals surface area (Å²) in [6, 6.07) is 0. The Balaban J connectivity index is 3.05. The van der Waals surface area contributed by atoms with E-state index in [0.717, 1.165) is 6.42 Å². The van der Waals surface area contributed by atoms with E-state index in [9.17, 15) is 10.1 Å². The van der Waals surface area contributed by atoms with Gasteiger partial charge in [0.2, 0.25) is 5.82 Å². The Morgan fingerprint density at radius 2 is 2.29 bits per heavy atom. The van der Waals surface area contributed by atoms with Crippen molar-refractivity contribution in [1.82, 2.24) is 9.78 Å². The Morgan fingerprint density at radius 1 is 1.64 bits per heavy atom. The van der Waals surface area contributed by atoms with Crippen LogP contribution < -0.4 is 5.32 Å². The van der Waals surface area contributed by atoms with E-state index in [1.54, 1.807) is 14.0 Å². The van der Waals surface area contributed by atoms with Crippen molar-refractivity contribution < 1.29 is 4.92 Å². The summed E-state index contributed by atoms with van der Waals surface area (Å²) in [7, 11) is 1.69. The lowest BCUT2D eigenvalue weighted by molar-refractivity contribution is -0.384. The van der Waals surface area contributed by atoms with E-state index in [4.69, 9.17) is 0 Å². The number of anilines is 1. The van der Waals surface area contributed by atoms with E-state index in [1.165, 1.54) is 4.68 Å². The quantitative estimate of drug-likeness (QED) is 0.587. The number of nitrogens with one attached hydrogen (secondary N) is 1. The molecular weight excluding hydrogens is 184 g/mol. The summed E-state index contributed by atoms with van der Waals surface area (Å²) in [5.74, 6) is 0.481. The molecule has 1 N–H and O–H groups in total. The van der Waals surface area contributed by atoms with Gasteiger partial charge in [0.25, 0.3) is 0 Å². The maximum Gasteiger partial charge on any atom is 0.333 e. The van der Waals surface area contributed by atoms with Gasteiger partial charge in [-0.05, 0) is 13.3 Å². The second-order valence-electron chi connectivity index (χ2n) is 3.09. The first-order valence-corrected chi connectivity index (χ1v) is 4.49. The molecule has 0 atom stereocenters. The Kier molecular flexibility index (Phi) is 3.06. The molecule has 0 saturated carbocycles. The SMILES string of the molecule is CCCNc1c([N+](=O)[O-])c(C)nn1C. The van der Waals surface area contributed by atoms with Crippen molar-refractivity contribution in [2.75, 3.05) is 11.9 Å². The minimum Gasteiger partial charge on any atom is -0.365 e. The van der Waals surface area contributed by atoms with Gasteiger partial charge in [-0.25, -0.2) is 4.68 Å². The molecule has 0 aliphatic carbocycles. The van der Waals surface area contributed by atoms with Gasteiger partial charge in [0.15, 0.2) is 0 Å². The monoisotopic (exact) mass is 198 g/mol. The van der Waals surface area contributed by atoms with Gasteiger partial charge in [-0.1, -0.05) is 6.92 Å². The highest BCUT2D eigenvalue weighted by Gasteiger charge is 2.23. The Hall–Kier alpha value is -1.59. The van der Waals surface area contributed by atoms with Gasteiger partial charge in [-0.2, -0.15) is 5.10 Å². The van der Waals surface area contributed by atoms with Crippen LogP contribution in [0.4, 0.5) is 11.5 Å². The third-order valence-electron chi connectivity index (χ3n) is 1.92. The molecule has 1 rings (SSSR count). The summed E-state index contributed by atoms with van der Waals surface area (Å²) in [6.07, 6.45) is 0.918. The van der Waals surface area contributed by atoms with Gasteiger partial charge < -0.3 is 5.32 Å². The lowest BCUT2D eigenvalue weighted by Gasteiger charge is -2.03. The summed E-state index contributed by atoms with van der Waals surface area (Å²) >= 11 is 0. The second kappa shape index (κ2) is 4.08. The highest BCUT2D eigenvalue weighted by molar-refractivity contribution is 5.59. The molecule has 1 aromatic heterocycles. The van der Waals surface area contributed by atoms with Crippen molar-refractivity contribution in [2.24, 2.45) is 7.05 Å². The summed E-state index contributed by atoms with van der Waals surface area (Å²) in [4.78, 5) is 10.3. The number of rotatable bonds is 4. The third-order valence-corrected chi connectivity index (χ3v) is 1.92. The standard InChI is InChI=1S/C8H14N4O2/c1-4-5-9-8-7(12(13)14)6(2)10-11(8)3/h9H,4-5H2,1-3H3.